The number of carbonyl (C=O) groups is 1. The first-order valence-electron chi connectivity index (χ1n) is 8.40. The monoisotopic (exact) mass is 331 g/mol. The van der Waals surface area contributed by atoms with E-state index in [4.69, 9.17) is 4.98 Å². The molecular weight excluding hydrogens is 306 g/mol. The minimum atomic E-state index is 0.0811. The van der Waals surface area contributed by atoms with Gasteiger partial charge in [-0.15, -0.1) is 0 Å². The molecule has 0 unspecified atom stereocenters. The maximum Gasteiger partial charge on any atom is 0.225 e. The highest BCUT2D eigenvalue weighted by Crippen LogP contribution is 2.33. The van der Waals surface area contributed by atoms with Crippen molar-refractivity contribution in [1.82, 2.24) is 9.88 Å². The van der Waals surface area contributed by atoms with Crippen molar-refractivity contribution in [2.45, 2.75) is 33.6 Å². The molecule has 0 aliphatic carbocycles. The predicted molar refractivity (Wildman–Crippen MR) is 97.3 cm³/mol. The van der Waals surface area contributed by atoms with E-state index in [0.717, 1.165) is 36.8 Å². The SMILES string of the molecule is CC(C)C(=O)N1CCN(c2nc3c(C(C)C)cccc3s2)CC1. The Morgan fingerprint density at radius 3 is 2.43 bits per heavy atom. The second kappa shape index (κ2) is 6.48. The van der Waals surface area contributed by atoms with Crippen LogP contribution in [0.25, 0.3) is 10.2 Å². The van der Waals surface area contributed by atoms with Crippen LogP contribution in [0.1, 0.15) is 39.2 Å². The zero-order valence-electron chi connectivity index (χ0n) is 14.4. The lowest BCUT2D eigenvalue weighted by Gasteiger charge is -2.35. The summed E-state index contributed by atoms with van der Waals surface area (Å²) in [5, 5.41) is 1.09. The van der Waals surface area contributed by atoms with Gasteiger partial charge in [0.2, 0.25) is 5.91 Å². The van der Waals surface area contributed by atoms with Crippen LogP contribution in [0.5, 0.6) is 0 Å². The maximum atomic E-state index is 12.1. The summed E-state index contributed by atoms with van der Waals surface area (Å²) in [6.07, 6.45) is 0. The summed E-state index contributed by atoms with van der Waals surface area (Å²) >= 11 is 1.76. The Morgan fingerprint density at radius 2 is 1.83 bits per heavy atom. The molecule has 5 heteroatoms. The van der Waals surface area contributed by atoms with Crippen molar-refractivity contribution in [3.8, 4) is 0 Å². The average molecular weight is 331 g/mol. The van der Waals surface area contributed by atoms with Crippen LogP contribution in [-0.2, 0) is 4.79 Å². The van der Waals surface area contributed by atoms with Gasteiger partial charge in [-0.3, -0.25) is 4.79 Å². The Labute approximate surface area is 142 Å². The topological polar surface area (TPSA) is 36.4 Å². The van der Waals surface area contributed by atoms with Gasteiger partial charge in [-0.05, 0) is 17.5 Å². The largest absolute Gasteiger partial charge is 0.345 e. The molecule has 0 atom stereocenters. The summed E-state index contributed by atoms with van der Waals surface area (Å²) in [6.45, 7) is 11.7. The molecule has 23 heavy (non-hydrogen) atoms. The molecule has 1 amide bonds. The van der Waals surface area contributed by atoms with Crippen LogP contribution in [0, 0.1) is 5.92 Å². The van der Waals surface area contributed by atoms with E-state index in [1.165, 1.54) is 10.3 Å². The molecule has 0 saturated carbocycles. The van der Waals surface area contributed by atoms with E-state index in [1.54, 1.807) is 11.3 Å². The summed E-state index contributed by atoms with van der Waals surface area (Å²) in [4.78, 5) is 21.3. The molecule has 0 bridgehead atoms. The maximum absolute atomic E-state index is 12.1. The molecule has 124 valence electrons. The number of fused-ring (bicyclic) bond motifs is 1. The fraction of sp³-hybridized carbons (Fsp3) is 0.556. The molecule has 0 spiro atoms. The van der Waals surface area contributed by atoms with E-state index >= 15 is 0 Å². The van der Waals surface area contributed by atoms with Gasteiger partial charge in [0.1, 0.15) is 0 Å². The Bertz CT molecular complexity index is 699. The minimum Gasteiger partial charge on any atom is -0.345 e. The Morgan fingerprint density at radius 1 is 1.13 bits per heavy atom. The smallest absolute Gasteiger partial charge is 0.225 e. The standard InChI is InChI=1S/C18H25N3OS/c1-12(2)14-6-5-7-15-16(14)19-18(23-15)21-10-8-20(9-11-21)17(22)13(3)4/h5-7,12-13H,8-11H2,1-4H3. The van der Waals surface area contributed by atoms with E-state index in [-0.39, 0.29) is 11.8 Å². The lowest BCUT2D eigenvalue weighted by molar-refractivity contribution is -0.134. The van der Waals surface area contributed by atoms with Crippen molar-refractivity contribution >= 4 is 32.6 Å². The van der Waals surface area contributed by atoms with Crippen molar-refractivity contribution in [2.24, 2.45) is 5.92 Å². The third-order valence-corrected chi connectivity index (χ3v) is 5.50. The first-order valence-corrected chi connectivity index (χ1v) is 9.22. The second-order valence-corrected chi connectivity index (χ2v) is 7.82. The summed E-state index contributed by atoms with van der Waals surface area (Å²) in [5.74, 6) is 0.822. The zero-order valence-corrected chi connectivity index (χ0v) is 15.2. The molecule has 4 nitrogen and oxygen atoms in total. The fourth-order valence-corrected chi connectivity index (χ4v) is 4.09. The molecule has 2 heterocycles. The minimum absolute atomic E-state index is 0.0811. The number of para-hydroxylation sites is 1. The van der Waals surface area contributed by atoms with Crippen LogP contribution in [-0.4, -0.2) is 42.0 Å². The fourth-order valence-electron chi connectivity index (χ4n) is 3.04. The molecule has 1 aliphatic rings. The second-order valence-electron chi connectivity index (χ2n) is 6.81. The predicted octanol–water partition coefficient (Wildman–Crippen LogP) is 3.72. The summed E-state index contributed by atoms with van der Waals surface area (Å²) in [7, 11) is 0. The quantitative estimate of drug-likeness (QED) is 0.860. The third-order valence-electron chi connectivity index (χ3n) is 4.42. The number of anilines is 1. The van der Waals surface area contributed by atoms with Gasteiger partial charge in [-0.25, -0.2) is 4.98 Å². The van der Waals surface area contributed by atoms with Gasteiger partial charge >= 0.3 is 0 Å². The van der Waals surface area contributed by atoms with Crippen LogP contribution >= 0.6 is 11.3 Å². The van der Waals surface area contributed by atoms with Gasteiger partial charge in [0.05, 0.1) is 10.2 Å². The number of aromatic nitrogens is 1. The molecule has 3 rings (SSSR count). The summed E-state index contributed by atoms with van der Waals surface area (Å²) in [6, 6.07) is 6.45. The molecular formula is C18H25N3OS. The van der Waals surface area contributed by atoms with Crippen molar-refractivity contribution in [1.29, 1.82) is 0 Å². The van der Waals surface area contributed by atoms with E-state index in [9.17, 15) is 4.79 Å². The molecule has 1 fully saturated rings. The molecule has 0 N–H and O–H groups in total. The van der Waals surface area contributed by atoms with E-state index in [0.29, 0.717) is 5.92 Å². The average Bonchev–Trinajstić information content (AvgIpc) is 2.97. The van der Waals surface area contributed by atoms with Crippen LogP contribution in [0.4, 0.5) is 5.13 Å². The molecule has 1 aromatic carbocycles. The van der Waals surface area contributed by atoms with E-state index in [1.807, 2.05) is 18.7 Å². The van der Waals surface area contributed by atoms with Gasteiger partial charge < -0.3 is 9.80 Å². The molecule has 0 radical (unpaired) electrons. The molecule has 1 aromatic heterocycles. The van der Waals surface area contributed by atoms with Gasteiger partial charge in [0.25, 0.3) is 0 Å². The normalized spacial score (nSPS) is 15.9. The number of rotatable bonds is 3. The number of carbonyl (C=O) groups excluding carboxylic acids is 1. The Hall–Kier alpha value is -1.62. The number of hydrogen-bond donors (Lipinski definition) is 0. The first kappa shape index (κ1) is 16.2. The van der Waals surface area contributed by atoms with Crippen LogP contribution in [0.2, 0.25) is 0 Å². The number of piperazine rings is 1. The third kappa shape index (κ3) is 3.20. The molecule has 1 saturated heterocycles. The van der Waals surface area contributed by atoms with Gasteiger partial charge in [0, 0.05) is 32.1 Å². The highest BCUT2D eigenvalue weighted by molar-refractivity contribution is 7.22. The van der Waals surface area contributed by atoms with Gasteiger partial charge in [0.15, 0.2) is 5.13 Å². The summed E-state index contributed by atoms with van der Waals surface area (Å²) < 4.78 is 1.26. The Kier molecular flexibility index (Phi) is 4.57. The van der Waals surface area contributed by atoms with E-state index in [2.05, 4.69) is 36.9 Å². The lowest BCUT2D eigenvalue weighted by atomic mass is 10.0. The van der Waals surface area contributed by atoms with Crippen molar-refractivity contribution in [3.63, 3.8) is 0 Å². The van der Waals surface area contributed by atoms with Crippen molar-refractivity contribution in [2.75, 3.05) is 31.1 Å². The number of amides is 1. The van der Waals surface area contributed by atoms with Crippen LogP contribution < -0.4 is 4.90 Å². The van der Waals surface area contributed by atoms with Gasteiger partial charge in [-0.1, -0.05) is 51.2 Å². The van der Waals surface area contributed by atoms with Crippen LogP contribution in [0.15, 0.2) is 18.2 Å². The highest BCUT2D eigenvalue weighted by atomic mass is 32.1. The highest BCUT2D eigenvalue weighted by Gasteiger charge is 2.24. The lowest BCUT2D eigenvalue weighted by Crippen LogP contribution is -2.49. The number of benzene rings is 1. The number of nitrogens with zero attached hydrogens (tertiary/aromatic N) is 3. The Balaban J connectivity index is 1.78. The van der Waals surface area contributed by atoms with Crippen molar-refractivity contribution in [3.05, 3.63) is 23.8 Å². The summed E-state index contributed by atoms with van der Waals surface area (Å²) in [5.41, 5.74) is 2.46. The van der Waals surface area contributed by atoms with Crippen LogP contribution in [0.3, 0.4) is 0 Å². The van der Waals surface area contributed by atoms with E-state index < -0.39 is 0 Å². The molecule has 2 aromatic rings. The number of thiazole rings is 1. The first-order chi connectivity index (χ1) is 11.0. The zero-order chi connectivity index (χ0) is 16.6. The molecule has 1 aliphatic heterocycles. The van der Waals surface area contributed by atoms with Gasteiger partial charge in [-0.2, -0.15) is 0 Å². The number of hydrogen-bond acceptors (Lipinski definition) is 4. The van der Waals surface area contributed by atoms with Crippen molar-refractivity contribution < 1.29 is 4.79 Å².